The van der Waals surface area contributed by atoms with Gasteiger partial charge in [-0.2, -0.15) is 0 Å². The van der Waals surface area contributed by atoms with E-state index in [9.17, 15) is 0 Å². The van der Waals surface area contributed by atoms with Crippen LogP contribution < -0.4 is 14.8 Å². The first-order chi connectivity index (χ1) is 21.0. The van der Waals surface area contributed by atoms with Gasteiger partial charge in [-0.15, -0.1) is 0 Å². The highest BCUT2D eigenvalue weighted by molar-refractivity contribution is 7.64. The molecule has 214 valence electrons. The molecule has 6 aromatic rings. The van der Waals surface area contributed by atoms with Crippen LogP contribution in [0.2, 0.25) is 0 Å². The average Bonchev–Trinajstić information content (AvgIpc) is 3.18. The largest absolute Gasteiger partial charge is 0.490 e. The van der Waals surface area contributed by atoms with E-state index >= 15 is 0 Å². The molecule has 0 radical (unpaired) electrons. The molecule has 0 saturated heterocycles. The molecule has 43 heavy (non-hydrogen) atoms. The Kier molecular flexibility index (Phi) is 7.41. The highest BCUT2D eigenvalue weighted by Crippen LogP contribution is 2.54. The fourth-order valence-corrected chi connectivity index (χ4v) is 9.19. The van der Waals surface area contributed by atoms with Crippen molar-refractivity contribution in [3.05, 3.63) is 126 Å². The van der Waals surface area contributed by atoms with E-state index in [0.29, 0.717) is 0 Å². The summed E-state index contributed by atoms with van der Waals surface area (Å²) in [6.45, 7) is 8.35. The lowest BCUT2D eigenvalue weighted by Gasteiger charge is -2.24. The highest BCUT2D eigenvalue weighted by Gasteiger charge is 2.28. The number of fused-ring (bicyclic) bond motifs is 7. The van der Waals surface area contributed by atoms with Gasteiger partial charge in [0.05, 0.1) is 17.8 Å². The maximum atomic E-state index is 6.43. The van der Waals surface area contributed by atoms with Crippen LogP contribution in [-0.4, -0.2) is 12.2 Å². The van der Waals surface area contributed by atoms with Crippen molar-refractivity contribution >= 4 is 34.8 Å². The maximum Gasteiger partial charge on any atom is 0.131 e. The highest BCUT2D eigenvalue weighted by atomic mass is 31.1. The third kappa shape index (κ3) is 5.19. The van der Waals surface area contributed by atoms with Crippen LogP contribution in [0.5, 0.6) is 11.5 Å². The Morgan fingerprint density at radius 2 is 0.977 bits per heavy atom. The van der Waals surface area contributed by atoms with Crippen LogP contribution in [0.3, 0.4) is 0 Å². The van der Waals surface area contributed by atoms with Gasteiger partial charge in [0.15, 0.2) is 0 Å². The zero-order valence-corrected chi connectivity index (χ0v) is 26.2. The smallest absolute Gasteiger partial charge is 0.131 e. The minimum absolute atomic E-state index is 0.0594. The van der Waals surface area contributed by atoms with Gasteiger partial charge in [-0.25, -0.2) is 0 Å². The first-order valence-corrected chi connectivity index (χ1v) is 17.0. The van der Waals surface area contributed by atoms with E-state index in [-0.39, 0.29) is 12.2 Å². The third-order valence-corrected chi connectivity index (χ3v) is 10.7. The van der Waals surface area contributed by atoms with Gasteiger partial charge in [-0.3, -0.25) is 0 Å². The van der Waals surface area contributed by atoms with Crippen LogP contribution >= 0.6 is 7.92 Å². The fraction of sp³-hybridized carbons (Fsp3) is 0.200. The number of benzene rings is 6. The number of ether oxygens (including phenoxy) is 2. The summed E-state index contributed by atoms with van der Waals surface area (Å²) in [5, 5.41) is 6.66. The summed E-state index contributed by atoms with van der Waals surface area (Å²) in [4.78, 5) is 0. The second-order valence-electron chi connectivity index (χ2n) is 12.0. The van der Waals surface area contributed by atoms with Crippen molar-refractivity contribution in [2.45, 2.75) is 52.2 Å². The molecule has 0 unspecified atom stereocenters. The first kappa shape index (κ1) is 27.7. The Hall–Kier alpha value is -4.13. The van der Waals surface area contributed by atoms with E-state index in [1.165, 1.54) is 54.7 Å². The normalized spacial score (nSPS) is 13.3. The van der Waals surface area contributed by atoms with Crippen LogP contribution in [0.4, 0.5) is 0 Å². The van der Waals surface area contributed by atoms with Crippen LogP contribution in [0.15, 0.2) is 115 Å². The molecule has 0 spiro atoms. The number of hydrogen-bond donors (Lipinski definition) is 0. The van der Waals surface area contributed by atoms with Crippen molar-refractivity contribution in [2.24, 2.45) is 0 Å². The van der Waals surface area contributed by atoms with Crippen molar-refractivity contribution in [2.75, 3.05) is 0 Å². The molecule has 0 saturated carbocycles. The maximum absolute atomic E-state index is 6.43. The Morgan fingerprint density at radius 3 is 1.51 bits per heavy atom. The van der Waals surface area contributed by atoms with Crippen molar-refractivity contribution in [1.29, 1.82) is 0 Å². The molecule has 0 aromatic heterocycles. The van der Waals surface area contributed by atoms with Crippen LogP contribution in [0.25, 0.3) is 43.8 Å². The predicted molar refractivity (Wildman–Crippen MR) is 184 cm³/mol. The van der Waals surface area contributed by atoms with E-state index < -0.39 is 7.92 Å². The van der Waals surface area contributed by atoms with Crippen molar-refractivity contribution in [1.82, 2.24) is 0 Å². The summed E-state index contributed by atoms with van der Waals surface area (Å²) in [7, 11) is -0.598. The van der Waals surface area contributed by atoms with Gasteiger partial charge in [0.1, 0.15) is 11.5 Å². The molecule has 0 aliphatic carbocycles. The van der Waals surface area contributed by atoms with Crippen molar-refractivity contribution in [3.63, 3.8) is 0 Å². The summed E-state index contributed by atoms with van der Waals surface area (Å²) in [6.07, 6.45) is 2.15. The zero-order valence-electron chi connectivity index (χ0n) is 25.3. The lowest BCUT2D eigenvalue weighted by atomic mass is 9.88. The van der Waals surface area contributed by atoms with Gasteiger partial charge in [0, 0.05) is 0 Å². The van der Waals surface area contributed by atoms with Crippen molar-refractivity contribution in [3.8, 4) is 33.8 Å². The number of rotatable bonds is 6. The Labute approximate surface area is 256 Å². The van der Waals surface area contributed by atoms with Crippen LogP contribution in [0.1, 0.15) is 38.8 Å². The van der Waals surface area contributed by atoms with E-state index in [1.54, 1.807) is 0 Å². The van der Waals surface area contributed by atoms with E-state index in [4.69, 9.17) is 9.47 Å². The molecule has 1 aliphatic heterocycles. The van der Waals surface area contributed by atoms with Crippen LogP contribution in [-0.2, 0) is 12.3 Å². The average molecular weight is 581 g/mol. The minimum atomic E-state index is -0.598. The minimum Gasteiger partial charge on any atom is -0.490 e. The second kappa shape index (κ2) is 11.5. The van der Waals surface area contributed by atoms with Gasteiger partial charge in [0.25, 0.3) is 0 Å². The summed E-state index contributed by atoms with van der Waals surface area (Å²) in [5.41, 5.74) is 7.94. The topological polar surface area (TPSA) is 18.5 Å². The molecule has 0 fully saturated rings. The molecular formula is C40H37O2P. The lowest BCUT2D eigenvalue weighted by Crippen LogP contribution is -2.13. The standard InChI is InChI=1S/C40H37O2P/c1-26(2)41-35-17-11-18-36(42-27(3)4)40(35)34-16-9-10-19-37(34)43-24-30-22-20-28-12-5-7-14-32(28)38(30)39-31(25-43)23-21-29-13-6-8-15-33(29)39/h5-23,26-27H,24-25H2,1-4H3. The second-order valence-corrected chi connectivity index (χ2v) is 14.2. The molecule has 0 atom stereocenters. The monoisotopic (exact) mass is 580 g/mol. The van der Waals surface area contributed by atoms with Crippen LogP contribution in [0, 0.1) is 0 Å². The zero-order chi connectivity index (χ0) is 29.5. The Balaban J connectivity index is 1.47. The Morgan fingerprint density at radius 1 is 0.488 bits per heavy atom. The molecule has 1 aliphatic rings. The lowest BCUT2D eigenvalue weighted by molar-refractivity contribution is 0.231. The molecule has 6 aromatic carbocycles. The van der Waals surface area contributed by atoms with Gasteiger partial charge >= 0.3 is 0 Å². The molecule has 0 amide bonds. The van der Waals surface area contributed by atoms with Gasteiger partial charge in [-0.05, 0) is 107 Å². The first-order valence-electron chi connectivity index (χ1n) is 15.3. The molecule has 0 N–H and O–H groups in total. The van der Waals surface area contributed by atoms with Gasteiger partial charge in [-0.1, -0.05) is 111 Å². The molecule has 3 heteroatoms. The van der Waals surface area contributed by atoms with Gasteiger partial charge in [0.2, 0.25) is 0 Å². The summed E-state index contributed by atoms with van der Waals surface area (Å²) >= 11 is 0. The summed E-state index contributed by atoms with van der Waals surface area (Å²) in [6, 6.07) is 42.3. The summed E-state index contributed by atoms with van der Waals surface area (Å²) < 4.78 is 12.9. The predicted octanol–water partition coefficient (Wildman–Crippen LogP) is 10.7. The quantitative estimate of drug-likeness (QED) is 0.183. The summed E-state index contributed by atoms with van der Waals surface area (Å²) in [5.74, 6) is 1.76. The number of hydrogen-bond acceptors (Lipinski definition) is 2. The van der Waals surface area contributed by atoms with Gasteiger partial charge < -0.3 is 9.47 Å². The van der Waals surface area contributed by atoms with E-state index in [1.807, 2.05) is 6.07 Å². The fourth-order valence-electron chi connectivity index (χ4n) is 6.57. The molecule has 1 heterocycles. The molecule has 7 rings (SSSR count). The SMILES string of the molecule is CC(C)Oc1cccc(OC(C)C)c1-c1ccccc1P1Cc2ccc3ccccc3c2-c2c(ccc3ccccc23)C1. The van der Waals surface area contributed by atoms with Crippen molar-refractivity contribution < 1.29 is 9.47 Å². The van der Waals surface area contributed by atoms with E-state index in [0.717, 1.165) is 29.4 Å². The third-order valence-electron chi connectivity index (χ3n) is 8.23. The molecule has 2 nitrogen and oxygen atoms in total. The molecular weight excluding hydrogens is 543 g/mol. The Bertz CT molecular complexity index is 1840. The molecule has 0 bridgehead atoms. The van der Waals surface area contributed by atoms with E-state index in [2.05, 4.69) is 137 Å².